The molecule has 2 aliphatic rings. The van der Waals surface area contributed by atoms with Gasteiger partial charge in [-0.3, -0.25) is 4.79 Å². The van der Waals surface area contributed by atoms with Crippen LogP contribution in [0.3, 0.4) is 0 Å². The Bertz CT molecular complexity index is 624. The molecule has 0 N–H and O–H groups in total. The van der Waals surface area contributed by atoms with Crippen LogP contribution < -0.4 is 9.64 Å². The first-order valence-corrected chi connectivity index (χ1v) is 8.33. The third-order valence-corrected chi connectivity index (χ3v) is 4.59. The van der Waals surface area contributed by atoms with Gasteiger partial charge in [0.05, 0.1) is 12.2 Å². The minimum Gasteiger partial charge on any atom is -0.423 e. The minimum absolute atomic E-state index is 0.0454. The van der Waals surface area contributed by atoms with Crippen LogP contribution in [0.2, 0.25) is 5.02 Å². The maximum Gasteiger partial charge on any atom is 0.331 e. The number of likely N-dealkylation sites (tertiary alicyclic amines) is 1. The van der Waals surface area contributed by atoms with Crippen LogP contribution in [0.4, 0.5) is 5.69 Å². The quantitative estimate of drug-likeness (QED) is 0.615. The number of rotatable bonds is 2. The molecule has 0 aromatic heterocycles. The molecule has 0 aliphatic carbocycles. The summed E-state index contributed by atoms with van der Waals surface area (Å²) in [6.07, 6.45) is 1.15. The Kier molecular flexibility index (Phi) is 4.48. The normalized spacial score (nSPS) is 24.2. The van der Waals surface area contributed by atoms with E-state index < -0.39 is 0 Å². The van der Waals surface area contributed by atoms with E-state index in [4.69, 9.17) is 16.3 Å². The zero-order valence-corrected chi connectivity index (χ0v) is 14.2. The molecule has 0 spiro atoms. The number of halogens is 1. The molecule has 1 aromatic carbocycles. The largest absolute Gasteiger partial charge is 0.423 e. The van der Waals surface area contributed by atoms with Crippen molar-refractivity contribution in [2.24, 2.45) is 11.8 Å². The summed E-state index contributed by atoms with van der Waals surface area (Å²) >= 11 is 6.04. The number of esters is 1. The van der Waals surface area contributed by atoms with E-state index in [1.807, 2.05) is 4.90 Å². The summed E-state index contributed by atoms with van der Waals surface area (Å²) in [7, 11) is 0. The topological polar surface area (TPSA) is 49.9 Å². The van der Waals surface area contributed by atoms with Crippen LogP contribution in [-0.2, 0) is 9.59 Å². The Morgan fingerprint density at radius 2 is 2.00 bits per heavy atom. The second-order valence-electron chi connectivity index (χ2n) is 6.69. The second-order valence-corrected chi connectivity index (χ2v) is 7.12. The van der Waals surface area contributed by atoms with Crippen molar-refractivity contribution in [3.05, 3.63) is 23.2 Å². The number of carbonyl (C=O) groups excluding carboxylic acids is 2. The number of benzene rings is 1. The fraction of sp³-hybridized carbons (Fsp3) is 0.529. The van der Waals surface area contributed by atoms with Crippen LogP contribution >= 0.6 is 11.6 Å². The molecular formula is C17H21ClN2O3. The lowest BCUT2D eigenvalue weighted by atomic mass is 9.92. The summed E-state index contributed by atoms with van der Waals surface area (Å²) in [5.74, 6) is 1.17. The third-order valence-electron chi connectivity index (χ3n) is 4.35. The van der Waals surface area contributed by atoms with Crippen LogP contribution in [0.5, 0.6) is 5.75 Å². The number of piperidine rings is 1. The first-order valence-electron chi connectivity index (χ1n) is 7.95. The van der Waals surface area contributed by atoms with E-state index in [1.165, 1.54) is 0 Å². The highest BCUT2D eigenvalue weighted by Gasteiger charge is 2.30. The summed E-state index contributed by atoms with van der Waals surface area (Å²) in [5.41, 5.74) is 0.698. The first-order chi connectivity index (χ1) is 10.9. The van der Waals surface area contributed by atoms with Gasteiger partial charge >= 0.3 is 5.97 Å². The zero-order chi connectivity index (χ0) is 16.6. The van der Waals surface area contributed by atoms with Crippen molar-refractivity contribution >= 4 is 29.2 Å². The van der Waals surface area contributed by atoms with Crippen LogP contribution in [-0.4, -0.2) is 43.0 Å². The van der Waals surface area contributed by atoms with E-state index in [2.05, 4.69) is 13.8 Å². The number of hydrogen-bond acceptors (Lipinski definition) is 4. The lowest BCUT2D eigenvalue weighted by molar-refractivity contribution is -0.134. The SMILES string of the molecule is CC1CC(C)CN(C(=O)CN2CC(=O)Oc3ccc(Cl)cc32)C1. The monoisotopic (exact) mass is 336 g/mol. The van der Waals surface area contributed by atoms with E-state index in [1.54, 1.807) is 23.1 Å². The van der Waals surface area contributed by atoms with Crippen molar-refractivity contribution in [2.75, 3.05) is 31.1 Å². The van der Waals surface area contributed by atoms with E-state index in [9.17, 15) is 9.59 Å². The minimum atomic E-state index is -0.354. The van der Waals surface area contributed by atoms with Gasteiger partial charge in [-0.1, -0.05) is 25.4 Å². The predicted octanol–water partition coefficient (Wildman–Crippen LogP) is 2.57. The molecule has 2 heterocycles. The maximum absolute atomic E-state index is 12.7. The lowest BCUT2D eigenvalue weighted by Gasteiger charge is -2.37. The molecule has 3 rings (SSSR count). The smallest absolute Gasteiger partial charge is 0.331 e. The molecule has 1 amide bonds. The Hall–Kier alpha value is -1.75. The molecule has 1 aromatic rings. The molecule has 2 atom stereocenters. The number of ether oxygens (including phenoxy) is 1. The third kappa shape index (κ3) is 3.61. The van der Waals surface area contributed by atoms with Gasteiger partial charge < -0.3 is 14.5 Å². The zero-order valence-electron chi connectivity index (χ0n) is 13.4. The molecular weight excluding hydrogens is 316 g/mol. The molecule has 5 nitrogen and oxygen atoms in total. The first kappa shape index (κ1) is 16.1. The molecule has 2 aliphatic heterocycles. The summed E-state index contributed by atoms with van der Waals surface area (Å²) in [5, 5.41) is 0.555. The molecule has 2 unspecified atom stereocenters. The maximum atomic E-state index is 12.7. The highest BCUT2D eigenvalue weighted by Crippen LogP contribution is 2.34. The second kappa shape index (κ2) is 6.40. The molecule has 0 radical (unpaired) electrons. The number of nitrogens with zero attached hydrogens (tertiary/aromatic N) is 2. The van der Waals surface area contributed by atoms with E-state index >= 15 is 0 Å². The van der Waals surface area contributed by atoms with Gasteiger partial charge in [0, 0.05) is 18.1 Å². The van der Waals surface area contributed by atoms with Crippen molar-refractivity contribution < 1.29 is 14.3 Å². The molecule has 1 fully saturated rings. The fourth-order valence-corrected chi connectivity index (χ4v) is 3.66. The van der Waals surface area contributed by atoms with Crippen LogP contribution in [0.25, 0.3) is 0 Å². The van der Waals surface area contributed by atoms with Gasteiger partial charge in [-0.05, 0) is 36.5 Å². The van der Waals surface area contributed by atoms with Crippen molar-refractivity contribution in [1.82, 2.24) is 4.90 Å². The van der Waals surface area contributed by atoms with Gasteiger partial charge in [0.25, 0.3) is 0 Å². The lowest BCUT2D eigenvalue weighted by Crippen LogP contribution is -2.49. The van der Waals surface area contributed by atoms with Gasteiger partial charge in [-0.15, -0.1) is 0 Å². The van der Waals surface area contributed by atoms with Gasteiger partial charge in [0.2, 0.25) is 5.91 Å². The number of anilines is 1. The van der Waals surface area contributed by atoms with Crippen molar-refractivity contribution in [1.29, 1.82) is 0 Å². The van der Waals surface area contributed by atoms with Crippen LogP contribution in [0.1, 0.15) is 20.3 Å². The predicted molar refractivity (Wildman–Crippen MR) is 88.8 cm³/mol. The fourth-order valence-electron chi connectivity index (χ4n) is 3.49. The molecule has 23 heavy (non-hydrogen) atoms. The molecule has 1 saturated heterocycles. The summed E-state index contributed by atoms with van der Waals surface area (Å²) in [6.45, 7) is 6.14. The van der Waals surface area contributed by atoms with Crippen molar-refractivity contribution in [3.63, 3.8) is 0 Å². The van der Waals surface area contributed by atoms with Crippen molar-refractivity contribution in [3.8, 4) is 5.75 Å². The summed E-state index contributed by atoms with van der Waals surface area (Å²) < 4.78 is 5.21. The van der Waals surface area contributed by atoms with E-state index in [-0.39, 0.29) is 25.0 Å². The van der Waals surface area contributed by atoms with Gasteiger partial charge in [-0.2, -0.15) is 0 Å². The Morgan fingerprint density at radius 3 is 2.70 bits per heavy atom. The average Bonchev–Trinajstić information content (AvgIpc) is 2.47. The van der Waals surface area contributed by atoms with Gasteiger partial charge in [0.1, 0.15) is 6.54 Å². The molecule has 0 saturated carbocycles. The molecule has 0 bridgehead atoms. The number of fused-ring (bicyclic) bond motifs is 1. The summed E-state index contributed by atoms with van der Waals surface area (Å²) in [4.78, 5) is 28.1. The standard InChI is InChI=1S/C17H21ClN2O3/c1-11-5-12(2)8-20(7-11)16(21)9-19-10-17(22)23-15-4-3-13(18)6-14(15)19/h3-4,6,11-12H,5,7-10H2,1-2H3. The van der Waals surface area contributed by atoms with E-state index in [0.29, 0.717) is 28.3 Å². The van der Waals surface area contributed by atoms with E-state index in [0.717, 1.165) is 19.5 Å². The highest BCUT2D eigenvalue weighted by atomic mass is 35.5. The molecule has 124 valence electrons. The highest BCUT2D eigenvalue weighted by molar-refractivity contribution is 6.31. The summed E-state index contributed by atoms with van der Waals surface area (Å²) in [6, 6.07) is 5.07. The Morgan fingerprint density at radius 1 is 1.30 bits per heavy atom. The van der Waals surface area contributed by atoms with Gasteiger partial charge in [0.15, 0.2) is 5.75 Å². The van der Waals surface area contributed by atoms with Crippen molar-refractivity contribution in [2.45, 2.75) is 20.3 Å². The Labute approximate surface area is 141 Å². The Balaban J connectivity index is 1.76. The van der Waals surface area contributed by atoms with Gasteiger partial charge in [-0.25, -0.2) is 4.79 Å². The van der Waals surface area contributed by atoms with Crippen LogP contribution in [0, 0.1) is 11.8 Å². The molecule has 6 heteroatoms. The van der Waals surface area contributed by atoms with Crippen LogP contribution in [0.15, 0.2) is 18.2 Å². The number of amides is 1. The average molecular weight is 337 g/mol. The number of carbonyl (C=O) groups is 2. The number of hydrogen-bond donors (Lipinski definition) is 0.